The van der Waals surface area contributed by atoms with Crippen molar-refractivity contribution in [1.82, 2.24) is 19.8 Å². The molecule has 2 aliphatic heterocycles. The van der Waals surface area contributed by atoms with Crippen LogP contribution in [-0.2, 0) is 26.0 Å². The Morgan fingerprint density at radius 3 is 2.29 bits per heavy atom. The summed E-state index contributed by atoms with van der Waals surface area (Å²) in [5.41, 5.74) is 0.301. The highest BCUT2D eigenvalue weighted by molar-refractivity contribution is 7.89. The maximum absolute atomic E-state index is 13.9. The maximum atomic E-state index is 13.9. The Kier molecular flexibility index (Phi) is 10.0. The Labute approximate surface area is 237 Å². The summed E-state index contributed by atoms with van der Waals surface area (Å²) in [6, 6.07) is 4.01. The van der Waals surface area contributed by atoms with Crippen molar-refractivity contribution in [2.45, 2.75) is 56.0 Å². The van der Waals surface area contributed by atoms with Gasteiger partial charge in [-0.05, 0) is 49.1 Å². The van der Waals surface area contributed by atoms with Crippen molar-refractivity contribution in [3.8, 4) is 0 Å². The first-order valence-corrected chi connectivity index (χ1v) is 15.1. The average Bonchev–Trinajstić information content (AvgIpc) is 3.27. The highest BCUT2D eigenvalue weighted by atomic mass is 32.2. The van der Waals surface area contributed by atoms with Gasteiger partial charge in [0.05, 0.1) is 10.8 Å². The minimum Gasteiger partial charge on any atom is -0.353 e. The minimum absolute atomic E-state index is 0.0562. The molecular weight excluding hydrogens is 564 g/mol. The van der Waals surface area contributed by atoms with Crippen LogP contribution in [0.2, 0.25) is 0 Å². The maximum Gasteiger partial charge on any atom is 0.243 e. The van der Waals surface area contributed by atoms with Gasteiger partial charge in [0.25, 0.3) is 0 Å². The van der Waals surface area contributed by atoms with Crippen molar-refractivity contribution in [3.63, 3.8) is 0 Å². The molecule has 2 amide bonds. The van der Waals surface area contributed by atoms with E-state index in [-0.39, 0.29) is 57.3 Å². The molecule has 8 nitrogen and oxygen atoms in total. The molecule has 0 saturated carbocycles. The van der Waals surface area contributed by atoms with Gasteiger partial charge < -0.3 is 15.5 Å². The number of halogens is 4. The van der Waals surface area contributed by atoms with Crippen molar-refractivity contribution in [1.29, 1.82) is 0 Å². The molecule has 2 aromatic carbocycles. The van der Waals surface area contributed by atoms with Gasteiger partial charge in [0, 0.05) is 63.4 Å². The molecule has 0 bridgehead atoms. The van der Waals surface area contributed by atoms with Gasteiger partial charge in [0.1, 0.15) is 23.3 Å². The Hall–Kier alpha value is -3.03. The van der Waals surface area contributed by atoms with Crippen molar-refractivity contribution in [2.75, 3.05) is 32.7 Å². The lowest BCUT2D eigenvalue weighted by Crippen LogP contribution is -2.55. The molecule has 2 heterocycles. The van der Waals surface area contributed by atoms with Gasteiger partial charge in [-0.2, -0.15) is 4.31 Å². The molecule has 0 aromatic heterocycles. The second-order valence-corrected chi connectivity index (χ2v) is 12.6. The van der Waals surface area contributed by atoms with Gasteiger partial charge in [-0.1, -0.05) is 13.3 Å². The van der Waals surface area contributed by atoms with Gasteiger partial charge in [0.15, 0.2) is 0 Å². The van der Waals surface area contributed by atoms with Crippen molar-refractivity contribution < 1.29 is 35.6 Å². The molecule has 0 radical (unpaired) electrons. The third-order valence-electron chi connectivity index (χ3n) is 7.38. The molecule has 2 N–H and O–H groups in total. The highest BCUT2D eigenvalue weighted by Gasteiger charge is 2.36. The molecule has 2 aromatic rings. The summed E-state index contributed by atoms with van der Waals surface area (Å²) >= 11 is 0. The zero-order chi connectivity index (χ0) is 29.7. The van der Waals surface area contributed by atoms with Crippen LogP contribution in [0.15, 0.2) is 41.3 Å². The highest BCUT2D eigenvalue weighted by Crippen LogP contribution is 2.23. The number of rotatable bonds is 11. The third-order valence-corrected chi connectivity index (χ3v) is 9.22. The largest absolute Gasteiger partial charge is 0.353 e. The van der Waals surface area contributed by atoms with Crippen LogP contribution in [0.3, 0.4) is 0 Å². The van der Waals surface area contributed by atoms with E-state index in [1.807, 2.05) is 6.92 Å². The predicted octanol–water partition coefficient (Wildman–Crippen LogP) is 2.97. The Bertz CT molecular complexity index is 1340. The third kappa shape index (κ3) is 8.04. The quantitative estimate of drug-likeness (QED) is 0.388. The number of nitrogens with one attached hydrogen (secondary N) is 2. The fourth-order valence-electron chi connectivity index (χ4n) is 5.38. The number of carbonyl (C=O) groups is 2. The van der Waals surface area contributed by atoms with Gasteiger partial charge in [-0.25, -0.2) is 26.0 Å². The van der Waals surface area contributed by atoms with Crippen LogP contribution >= 0.6 is 0 Å². The molecule has 2 unspecified atom stereocenters. The van der Waals surface area contributed by atoms with E-state index in [0.29, 0.717) is 18.2 Å². The minimum atomic E-state index is -4.22. The molecule has 3 atom stereocenters. The number of likely N-dealkylation sites (tertiary alicyclic amines) is 1. The summed E-state index contributed by atoms with van der Waals surface area (Å²) in [6.45, 7) is 3.09. The van der Waals surface area contributed by atoms with Crippen molar-refractivity contribution in [2.24, 2.45) is 5.92 Å². The zero-order valence-corrected chi connectivity index (χ0v) is 23.5. The number of unbranched alkanes of at least 4 members (excludes halogenated alkanes) is 1. The van der Waals surface area contributed by atoms with Gasteiger partial charge in [-0.15, -0.1) is 0 Å². The standard InChI is InChI=1S/C28H34F4N4O4S/c1-2-3-5-35-16-19(10-27(35)37)28(38)34-24(9-18-7-20(29)11-21(30)8-18)15-25-17-36(6-4-33-25)41(39,40)26-13-22(31)12-23(32)14-26/h7-8,11-14,19,24-25,33H,2-6,9-10,15-17H2,1H3,(H,34,38)/t19?,24?,25-/m0/s1. The molecule has 41 heavy (non-hydrogen) atoms. The molecule has 13 heteroatoms. The fraction of sp³-hybridized carbons (Fsp3) is 0.500. The van der Waals surface area contributed by atoms with E-state index in [2.05, 4.69) is 10.6 Å². The topological polar surface area (TPSA) is 98.8 Å². The molecule has 0 spiro atoms. The first kappa shape index (κ1) is 30.9. The van der Waals surface area contributed by atoms with E-state index in [9.17, 15) is 35.6 Å². The van der Waals surface area contributed by atoms with Crippen LogP contribution in [0.25, 0.3) is 0 Å². The number of sulfonamides is 1. The van der Waals surface area contributed by atoms with Crippen LogP contribution in [0.5, 0.6) is 0 Å². The van der Waals surface area contributed by atoms with Crippen LogP contribution in [-0.4, -0.2) is 74.2 Å². The lowest BCUT2D eigenvalue weighted by Gasteiger charge is -2.35. The second kappa shape index (κ2) is 13.3. The molecule has 224 valence electrons. The molecule has 2 fully saturated rings. The van der Waals surface area contributed by atoms with Gasteiger partial charge in [0.2, 0.25) is 21.8 Å². The number of hydrogen-bond donors (Lipinski definition) is 2. The zero-order valence-electron chi connectivity index (χ0n) is 22.7. The summed E-state index contributed by atoms with van der Waals surface area (Å²) < 4.78 is 82.8. The molecule has 4 rings (SSSR count). The first-order chi connectivity index (χ1) is 19.4. The normalized spacial score (nSPS) is 20.8. The first-order valence-electron chi connectivity index (χ1n) is 13.7. The number of amides is 2. The van der Waals surface area contributed by atoms with E-state index in [1.165, 1.54) is 0 Å². The Morgan fingerprint density at radius 1 is 1.02 bits per heavy atom. The summed E-state index contributed by atoms with van der Waals surface area (Å²) in [5.74, 6) is -4.62. The van der Waals surface area contributed by atoms with Gasteiger partial charge >= 0.3 is 0 Å². The van der Waals surface area contributed by atoms with Crippen LogP contribution in [0.4, 0.5) is 17.6 Å². The predicted molar refractivity (Wildman–Crippen MR) is 143 cm³/mol. The number of carbonyl (C=O) groups excluding carboxylic acids is 2. The number of benzene rings is 2. The van der Waals surface area contributed by atoms with E-state index in [1.54, 1.807) is 4.90 Å². The monoisotopic (exact) mass is 598 g/mol. The number of hydrogen-bond acceptors (Lipinski definition) is 5. The van der Waals surface area contributed by atoms with E-state index in [0.717, 1.165) is 47.5 Å². The molecule has 2 aliphatic rings. The van der Waals surface area contributed by atoms with Crippen molar-refractivity contribution in [3.05, 3.63) is 65.2 Å². The smallest absolute Gasteiger partial charge is 0.243 e. The average molecular weight is 599 g/mol. The lowest BCUT2D eigenvalue weighted by atomic mass is 9.97. The summed E-state index contributed by atoms with van der Waals surface area (Å²) in [7, 11) is -4.22. The van der Waals surface area contributed by atoms with E-state index >= 15 is 0 Å². The summed E-state index contributed by atoms with van der Waals surface area (Å²) in [6.07, 6.45) is 2.04. The number of nitrogens with zero attached hydrogens (tertiary/aromatic N) is 2. The Morgan fingerprint density at radius 2 is 1.66 bits per heavy atom. The summed E-state index contributed by atoms with van der Waals surface area (Å²) in [5, 5.41) is 6.12. The van der Waals surface area contributed by atoms with Crippen LogP contribution < -0.4 is 10.6 Å². The SMILES string of the molecule is CCCCN1CC(C(=O)NC(Cc2cc(F)cc(F)c2)C[C@H]2CN(S(=O)(=O)c3cc(F)cc(F)c3)CCN2)CC1=O. The van der Waals surface area contributed by atoms with Gasteiger partial charge in [-0.3, -0.25) is 9.59 Å². The molecule has 0 aliphatic carbocycles. The number of piperazine rings is 1. The van der Waals surface area contributed by atoms with Crippen LogP contribution in [0.1, 0.15) is 38.2 Å². The second-order valence-electron chi connectivity index (χ2n) is 10.6. The fourth-order valence-corrected chi connectivity index (χ4v) is 6.91. The van der Waals surface area contributed by atoms with E-state index in [4.69, 9.17) is 0 Å². The molecule has 2 saturated heterocycles. The van der Waals surface area contributed by atoms with E-state index < -0.39 is 56.2 Å². The Balaban J connectivity index is 1.49. The summed E-state index contributed by atoms with van der Waals surface area (Å²) in [4.78, 5) is 26.8. The van der Waals surface area contributed by atoms with Crippen LogP contribution in [0, 0.1) is 29.2 Å². The molecular formula is C28H34F4N4O4S. The lowest BCUT2D eigenvalue weighted by molar-refractivity contribution is -0.129. The van der Waals surface area contributed by atoms with Crippen molar-refractivity contribution >= 4 is 21.8 Å².